The van der Waals surface area contributed by atoms with Crippen LogP contribution in [0.5, 0.6) is 0 Å². The molecule has 17 heavy (non-hydrogen) atoms. The molecule has 6 heteroatoms. The maximum atomic E-state index is 5.26. The maximum Gasteiger partial charge on any atom is 0.195 e. The van der Waals surface area contributed by atoms with Crippen LogP contribution in [0.3, 0.4) is 0 Å². The predicted octanol–water partition coefficient (Wildman–Crippen LogP) is 2.31. The first-order valence-corrected chi connectivity index (χ1v) is 6.06. The molecule has 2 rings (SSSR count). The molecule has 0 saturated carbocycles. The Morgan fingerprint density at radius 3 is 2.71 bits per heavy atom. The molecule has 5 nitrogen and oxygen atoms in total. The lowest BCUT2D eigenvalue weighted by molar-refractivity contribution is 0.520. The normalized spacial score (nSPS) is 11.4. The highest BCUT2D eigenvalue weighted by Gasteiger charge is 2.14. The summed E-state index contributed by atoms with van der Waals surface area (Å²) in [4.78, 5) is 0. The maximum absolute atomic E-state index is 5.26. The minimum absolute atomic E-state index is 0.521. The molecule has 0 aliphatic rings. The Labute approximate surface area is 105 Å². The molecule has 0 spiro atoms. The number of hydrogen-bond donors (Lipinski definition) is 1. The van der Waals surface area contributed by atoms with Gasteiger partial charge in [0.2, 0.25) is 0 Å². The topological polar surface area (TPSA) is 51.4 Å². The van der Waals surface area contributed by atoms with Crippen molar-refractivity contribution >= 4 is 12.2 Å². The fourth-order valence-electron chi connectivity index (χ4n) is 1.87. The highest BCUT2D eigenvalue weighted by atomic mass is 32.1. The van der Waals surface area contributed by atoms with Crippen LogP contribution in [-0.2, 0) is 13.6 Å². The van der Waals surface area contributed by atoms with E-state index in [1.165, 1.54) is 0 Å². The monoisotopic (exact) mass is 251 g/mol. The van der Waals surface area contributed by atoms with Gasteiger partial charge in [0.15, 0.2) is 10.6 Å². The molecule has 0 aliphatic carbocycles. The third-order valence-electron chi connectivity index (χ3n) is 2.54. The first kappa shape index (κ1) is 12.0. The summed E-state index contributed by atoms with van der Waals surface area (Å²) in [7, 11) is 1.92. The molecular formula is C11H17N5S. The molecule has 0 unspecified atom stereocenters. The Bertz CT molecular complexity index is 575. The zero-order valence-electron chi connectivity index (χ0n) is 10.6. The van der Waals surface area contributed by atoms with Crippen molar-refractivity contribution in [3.05, 3.63) is 16.5 Å². The highest BCUT2D eigenvalue weighted by Crippen LogP contribution is 2.18. The van der Waals surface area contributed by atoms with Crippen molar-refractivity contribution in [2.75, 3.05) is 0 Å². The Hall–Kier alpha value is -1.43. The van der Waals surface area contributed by atoms with E-state index in [1.807, 2.05) is 29.3 Å². The van der Waals surface area contributed by atoms with Gasteiger partial charge in [-0.2, -0.15) is 10.2 Å². The van der Waals surface area contributed by atoms with Crippen LogP contribution in [0.15, 0.2) is 6.07 Å². The van der Waals surface area contributed by atoms with Crippen LogP contribution in [0.4, 0.5) is 0 Å². The lowest BCUT2D eigenvalue weighted by Gasteiger charge is -2.09. The standard InChI is InChI=1S/C11H17N5S/c1-7(2)6-16-10(12-13-11(16)17)9-5-8(3)14-15(9)4/h5,7H,6H2,1-4H3,(H,13,17). The molecule has 0 fully saturated rings. The van der Waals surface area contributed by atoms with E-state index in [4.69, 9.17) is 12.2 Å². The number of aromatic nitrogens is 5. The molecular weight excluding hydrogens is 234 g/mol. The number of aryl methyl sites for hydroxylation is 2. The number of nitrogens with zero attached hydrogens (tertiary/aromatic N) is 4. The van der Waals surface area contributed by atoms with Crippen LogP contribution < -0.4 is 0 Å². The fourth-order valence-corrected chi connectivity index (χ4v) is 2.07. The number of H-pyrrole nitrogens is 1. The van der Waals surface area contributed by atoms with Crippen molar-refractivity contribution in [2.24, 2.45) is 13.0 Å². The van der Waals surface area contributed by atoms with Crippen molar-refractivity contribution in [2.45, 2.75) is 27.3 Å². The lowest BCUT2D eigenvalue weighted by Crippen LogP contribution is -2.08. The first-order chi connectivity index (χ1) is 7.99. The van der Waals surface area contributed by atoms with Gasteiger partial charge in [-0.1, -0.05) is 13.8 Å². The number of hydrogen-bond acceptors (Lipinski definition) is 3. The van der Waals surface area contributed by atoms with Gasteiger partial charge < -0.3 is 0 Å². The molecule has 0 radical (unpaired) electrons. The molecule has 0 aromatic carbocycles. The van der Waals surface area contributed by atoms with Crippen molar-refractivity contribution in [3.8, 4) is 11.5 Å². The van der Waals surface area contributed by atoms with Crippen molar-refractivity contribution in [3.63, 3.8) is 0 Å². The Kier molecular flexibility index (Phi) is 3.15. The van der Waals surface area contributed by atoms with Gasteiger partial charge in [-0.05, 0) is 31.1 Å². The number of aromatic amines is 1. The first-order valence-electron chi connectivity index (χ1n) is 5.65. The largest absolute Gasteiger partial charge is 0.299 e. The number of rotatable bonds is 3. The van der Waals surface area contributed by atoms with Gasteiger partial charge in [-0.25, -0.2) is 0 Å². The Morgan fingerprint density at radius 1 is 1.47 bits per heavy atom. The average Bonchev–Trinajstić information content (AvgIpc) is 2.71. The summed E-state index contributed by atoms with van der Waals surface area (Å²) in [6, 6.07) is 2.02. The van der Waals surface area contributed by atoms with Crippen LogP contribution in [0, 0.1) is 17.6 Å². The van der Waals surface area contributed by atoms with Gasteiger partial charge >= 0.3 is 0 Å². The van der Waals surface area contributed by atoms with E-state index < -0.39 is 0 Å². The predicted molar refractivity (Wildman–Crippen MR) is 69.2 cm³/mol. The molecule has 0 atom stereocenters. The molecule has 1 N–H and O–H groups in total. The summed E-state index contributed by atoms with van der Waals surface area (Å²) >= 11 is 5.26. The minimum Gasteiger partial charge on any atom is -0.299 e. The van der Waals surface area contributed by atoms with Gasteiger partial charge in [-0.15, -0.1) is 0 Å². The second kappa shape index (κ2) is 4.44. The van der Waals surface area contributed by atoms with Gasteiger partial charge in [0.25, 0.3) is 0 Å². The summed E-state index contributed by atoms with van der Waals surface area (Å²) in [6.45, 7) is 7.15. The Morgan fingerprint density at radius 2 is 2.18 bits per heavy atom. The summed E-state index contributed by atoms with van der Waals surface area (Å²) in [6.07, 6.45) is 0. The zero-order valence-corrected chi connectivity index (χ0v) is 11.4. The third-order valence-corrected chi connectivity index (χ3v) is 2.85. The lowest BCUT2D eigenvalue weighted by atomic mass is 10.2. The van der Waals surface area contributed by atoms with Crippen LogP contribution in [-0.4, -0.2) is 24.5 Å². The van der Waals surface area contributed by atoms with Crippen LogP contribution in [0.2, 0.25) is 0 Å². The van der Waals surface area contributed by atoms with E-state index in [9.17, 15) is 0 Å². The van der Waals surface area contributed by atoms with E-state index >= 15 is 0 Å². The van der Waals surface area contributed by atoms with E-state index in [0.29, 0.717) is 10.7 Å². The molecule has 0 bridgehead atoms. The van der Waals surface area contributed by atoms with Gasteiger partial charge in [0.1, 0.15) is 5.69 Å². The van der Waals surface area contributed by atoms with Crippen LogP contribution in [0.1, 0.15) is 19.5 Å². The molecule has 2 aromatic heterocycles. The van der Waals surface area contributed by atoms with Gasteiger partial charge in [-0.3, -0.25) is 14.3 Å². The quantitative estimate of drug-likeness (QED) is 0.852. The van der Waals surface area contributed by atoms with E-state index in [2.05, 4.69) is 29.1 Å². The van der Waals surface area contributed by atoms with Crippen LogP contribution >= 0.6 is 12.2 Å². The van der Waals surface area contributed by atoms with Crippen molar-refractivity contribution in [1.29, 1.82) is 0 Å². The SMILES string of the molecule is Cc1cc(-c2n[nH]c(=S)n2CC(C)C)n(C)n1. The molecule has 92 valence electrons. The van der Waals surface area contributed by atoms with Crippen molar-refractivity contribution < 1.29 is 0 Å². The van der Waals surface area contributed by atoms with E-state index in [1.54, 1.807) is 0 Å². The average molecular weight is 251 g/mol. The summed E-state index contributed by atoms with van der Waals surface area (Å²) in [5.74, 6) is 1.37. The summed E-state index contributed by atoms with van der Waals surface area (Å²) in [5.41, 5.74) is 1.96. The third kappa shape index (κ3) is 2.31. The zero-order chi connectivity index (χ0) is 12.6. The summed E-state index contributed by atoms with van der Waals surface area (Å²) in [5, 5.41) is 11.5. The highest BCUT2D eigenvalue weighted by molar-refractivity contribution is 7.71. The van der Waals surface area contributed by atoms with Crippen LogP contribution in [0.25, 0.3) is 11.5 Å². The smallest absolute Gasteiger partial charge is 0.195 e. The van der Waals surface area contributed by atoms with E-state index in [-0.39, 0.29) is 0 Å². The fraction of sp³-hybridized carbons (Fsp3) is 0.545. The second-order valence-electron chi connectivity index (χ2n) is 4.65. The second-order valence-corrected chi connectivity index (χ2v) is 5.04. The number of nitrogens with one attached hydrogen (secondary N) is 1. The molecule has 0 amide bonds. The molecule has 2 heterocycles. The molecule has 0 saturated heterocycles. The summed E-state index contributed by atoms with van der Waals surface area (Å²) < 4.78 is 4.51. The van der Waals surface area contributed by atoms with Gasteiger partial charge in [0, 0.05) is 13.6 Å². The minimum atomic E-state index is 0.521. The van der Waals surface area contributed by atoms with Crippen molar-refractivity contribution in [1.82, 2.24) is 24.5 Å². The molecule has 2 aromatic rings. The molecule has 0 aliphatic heterocycles. The van der Waals surface area contributed by atoms with E-state index in [0.717, 1.165) is 23.8 Å². The Balaban J connectivity index is 2.52. The van der Waals surface area contributed by atoms with Gasteiger partial charge in [0.05, 0.1) is 5.69 Å².